The molecular formula is C10H12O3S. The molecule has 14 heavy (non-hydrogen) atoms. The number of thiol groups is 1. The van der Waals surface area contributed by atoms with Gasteiger partial charge in [0.05, 0.1) is 19.6 Å². The minimum atomic E-state index is -0.824. The molecule has 0 fully saturated rings. The summed E-state index contributed by atoms with van der Waals surface area (Å²) in [5.41, 5.74) is 0.669. The molecule has 0 spiro atoms. The van der Waals surface area contributed by atoms with Gasteiger partial charge in [-0.25, -0.2) is 0 Å². The molecule has 0 amide bonds. The van der Waals surface area contributed by atoms with Crippen LogP contribution in [0.3, 0.4) is 0 Å². The summed E-state index contributed by atoms with van der Waals surface area (Å²) >= 11 is 4.13. The Balaban J connectivity index is 2.69. The topological polar surface area (TPSA) is 46.5 Å². The van der Waals surface area contributed by atoms with Gasteiger partial charge in [0.1, 0.15) is 0 Å². The van der Waals surface area contributed by atoms with Crippen LogP contribution in [0.4, 0.5) is 0 Å². The summed E-state index contributed by atoms with van der Waals surface area (Å²) in [6, 6.07) is 7.04. The maximum atomic E-state index is 10.9. The maximum Gasteiger partial charge on any atom is 0.308 e. The minimum absolute atomic E-state index is 0.0340. The van der Waals surface area contributed by atoms with E-state index in [-0.39, 0.29) is 6.42 Å². The molecule has 0 unspecified atom stereocenters. The first-order valence-electron chi connectivity index (χ1n) is 4.17. The molecule has 3 nitrogen and oxygen atoms in total. The van der Waals surface area contributed by atoms with Crippen LogP contribution in [-0.4, -0.2) is 18.2 Å². The highest BCUT2D eigenvalue weighted by atomic mass is 32.1. The lowest BCUT2D eigenvalue weighted by molar-refractivity contribution is -0.142. The zero-order valence-electron chi connectivity index (χ0n) is 7.80. The Bertz CT molecular complexity index is 325. The summed E-state index contributed by atoms with van der Waals surface area (Å²) in [4.78, 5) is 11.6. The molecule has 0 aliphatic rings. The van der Waals surface area contributed by atoms with Crippen LogP contribution < -0.4 is 0 Å². The van der Waals surface area contributed by atoms with E-state index in [1.807, 2.05) is 0 Å². The summed E-state index contributed by atoms with van der Waals surface area (Å²) in [6.07, 6.45) is -0.858. The summed E-state index contributed by atoms with van der Waals surface area (Å²) in [5, 5.41) is 9.61. The van der Waals surface area contributed by atoms with Gasteiger partial charge in [0.15, 0.2) is 0 Å². The van der Waals surface area contributed by atoms with Crippen LogP contribution in [0.25, 0.3) is 0 Å². The molecule has 4 heteroatoms. The molecule has 0 saturated carbocycles. The number of carbonyl (C=O) groups excluding carboxylic acids is 1. The summed E-state index contributed by atoms with van der Waals surface area (Å²) < 4.78 is 4.45. The van der Waals surface area contributed by atoms with E-state index in [1.165, 1.54) is 7.11 Å². The van der Waals surface area contributed by atoms with Gasteiger partial charge in [-0.05, 0) is 17.7 Å². The Hall–Kier alpha value is -1.00. The van der Waals surface area contributed by atoms with Crippen molar-refractivity contribution in [1.29, 1.82) is 0 Å². The largest absolute Gasteiger partial charge is 0.469 e. The normalized spacial score (nSPS) is 12.2. The second-order valence-corrected chi connectivity index (χ2v) is 3.41. The maximum absolute atomic E-state index is 10.9. The third-order valence-corrected chi connectivity index (χ3v) is 2.12. The van der Waals surface area contributed by atoms with Gasteiger partial charge in [-0.3, -0.25) is 4.79 Å². The molecule has 0 aromatic heterocycles. The second kappa shape index (κ2) is 5.02. The Morgan fingerprint density at radius 3 is 2.93 bits per heavy atom. The fourth-order valence-electron chi connectivity index (χ4n) is 1.09. The van der Waals surface area contributed by atoms with Crippen molar-refractivity contribution in [3.8, 4) is 0 Å². The SMILES string of the molecule is COC(=O)C[C@H](O)c1cccc(S)c1. The summed E-state index contributed by atoms with van der Waals surface area (Å²) in [5.74, 6) is -0.429. The van der Waals surface area contributed by atoms with Gasteiger partial charge in [0.25, 0.3) is 0 Å². The molecule has 1 rings (SSSR count). The van der Waals surface area contributed by atoms with E-state index in [0.717, 1.165) is 4.90 Å². The highest BCUT2D eigenvalue weighted by Crippen LogP contribution is 2.19. The van der Waals surface area contributed by atoms with Crippen molar-refractivity contribution >= 4 is 18.6 Å². The minimum Gasteiger partial charge on any atom is -0.469 e. The Kier molecular flexibility index (Phi) is 3.98. The smallest absolute Gasteiger partial charge is 0.308 e. The lowest BCUT2D eigenvalue weighted by Gasteiger charge is -2.09. The predicted octanol–water partition coefficient (Wildman–Crippen LogP) is 1.57. The average Bonchev–Trinajstić information content (AvgIpc) is 2.17. The fraction of sp³-hybridized carbons (Fsp3) is 0.300. The monoisotopic (exact) mass is 212 g/mol. The highest BCUT2D eigenvalue weighted by Gasteiger charge is 2.12. The van der Waals surface area contributed by atoms with E-state index in [2.05, 4.69) is 17.4 Å². The second-order valence-electron chi connectivity index (χ2n) is 2.89. The number of hydrogen-bond donors (Lipinski definition) is 2. The van der Waals surface area contributed by atoms with Crippen LogP contribution in [0, 0.1) is 0 Å². The highest BCUT2D eigenvalue weighted by molar-refractivity contribution is 7.80. The number of esters is 1. The third-order valence-electron chi connectivity index (χ3n) is 1.84. The van der Waals surface area contributed by atoms with Crippen molar-refractivity contribution in [2.75, 3.05) is 7.11 Å². The first-order chi connectivity index (χ1) is 6.63. The van der Waals surface area contributed by atoms with Gasteiger partial charge in [0, 0.05) is 4.90 Å². The Morgan fingerprint density at radius 1 is 1.64 bits per heavy atom. The van der Waals surface area contributed by atoms with Crippen LogP contribution in [0.5, 0.6) is 0 Å². The van der Waals surface area contributed by atoms with Crippen LogP contribution >= 0.6 is 12.6 Å². The molecule has 1 atom stereocenters. The molecule has 1 aromatic carbocycles. The Labute approximate surface area is 88.1 Å². The van der Waals surface area contributed by atoms with E-state index >= 15 is 0 Å². The van der Waals surface area contributed by atoms with Gasteiger partial charge in [-0.15, -0.1) is 12.6 Å². The average molecular weight is 212 g/mol. The molecule has 0 radical (unpaired) electrons. The molecule has 0 saturated heterocycles. The lowest BCUT2D eigenvalue weighted by Crippen LogP contribution is -2.07. The van der Waals surface area contributed by atoms with E-state index in [1.54, 1.807) is 24.3 Å². The van der Waals surface area contributed by atoms with E-state index in [0.29, 0.717) is 5.56 Å². The van der Waals surface area contributed by atoms with Crippen molar-refractivity contribution in [2.24, 2.45) is 0 Å². The quantitative estimate of drug-likeness (QED) is 0.590. The van der Waals surface area contributed by atoms with Crippen LogP contribution in [-0.2, 0) is 9.53 Å². The predicted molar refractivity (Wildman–Crippen MR) is 55.3 cm³/mol. The van der Waals surface area contributed by atoms with E-state index in [9.17, 15) is 9.90 Å². The van der Waals surface area contributed by atoms with Crippen LogP contribution in [0.2, 0.25) is 0 Å². The number of methoxy groups -OCH3 is 1. The molecule has 1 N–H and O–H groups in total. The van der Waals surface area contributed by atoms with Crippen molar-refractivity contribution < 1.29 is 14.6 Å². The zero-order chi connectivity index (χ0) is 10.6. The van der Waals surface area contributed by atoms with Gasteiger partial charge in [-0.2, -0.15) is 0 Å². The molecule has 1 aromatic rings. The standard InChI is InChI=1S/C10H12O3S/c1-13-10(12)6-9(11)7-3-2-4-8(14)5-7/h2-5,9,11,14H,6H2,1H3/t9-/m0/s1. The van der Waals surface area contributed by atoms with Gasteiger partial charge in [0.2, 0.25) is 0 Å². The molecule has 0 aliphatic carbocycles. The molecule has 0 aliphatic heterocycles. The van der Waals surface area contributed by atoms with Gasteiger partial charge < -0.3 is 9.84 Å². The van der Waals surface area contributed by atoms with Crippen molar-refractivity contribution in [1.82, 2.24) is 0 Å². The molecule has 0 heterocycles. The number of ether oxygens (including phenoxy) is 1. The van der Waals surface area contributed by atoms with Crippen molar-refractivity contribution in [3.05, 3.63) is 29.8 Å². The summed E-state index contributed by atoms with van der Waals surface area (Å²) in [7, 11) is 1.30. The first-order valence-corrected chi connectivity index (χ1v) is 4.62. The Morgan fingerprint density at radius 2 is 2.36 bits per heavy atom. The number of aliphatic hydroxyl groups is 1. The number of hydrogen-bond acceptors (Lipinski definition) is 4. The van der Waals surface area contributed by atoms with Crippen molar-refractivity contribution in [3.63, 3.8) is 0 Å². The molecule has 76 valence electrons. The number of benzene rings is 1. The molecule has 0 bridgehead atoms. The zero-order valence-corrected chi connectivity index (χ0v) is 8.70. The number of rotatable bonds is 3. The van der Waals surface area contributed by atoms with Crippen molar-refractivity contribution in [2.45, 2.75) is 17.4 Å². The van der Waals surface area contributed by atoms with Crippen LogP contribution in [0.1, 0.15) is 18.1 Å². The number of aliphatic hydroxyl groups excluding tert-OH is 1. The van der Waals surface area contributed by atoms with Gasteiger partial charge in [-0.1, -0.05) is 12.1 Å². The summed E-state index contributed by atoms with van der Waals surface area (Å²) in [6.45, 7) is 0. The van der Waals surface area contributed by atoms with Gasteiger partial charge >= 0.3 is 5.97 Å². The first kappa shape index (κ1) is 11.1. The molecular weight excluding hydrogens is 200 g/mol. The lowest BCUT2D eigenvalue weighted by atomic mass is 10.1. The third kappa shape index (κ3) is 3.05. The van der Waals surface area contributed by atoms with E-state index < -0.39 is 12.1 Å². The number of carbonyl (C=O) groups is 1. The van der Waals surface area contributed by atoms with Crippen LogP contribution in [0.15, 0.2) is 29.2 Å². The fourth-order valence-corrected chi connectivity index (χ4v) is 1.33. The van der Waals surface area contributed by atoms with E-state index in [4.69, 9.17) is 0 Å².